The minimum absolute atomic E-state index is 0. The Morgan fingerprint density at radius 3 is 2.30 bits per heavy atom. The highest BCUT2D eigenvalue weighted by molar-refractivity contribution is 5.30. The van der Waals surface area contributed by atoms with E-state index in [9.17, 15) is 0 Å². The zero-order valence-electron chi connectivity index (χ0n) is 15.7. The lowest BCUT2D eigenvalue weighted by Crippen LogP contribution is -2.33. The fourth-order valence-electron chi connectivity index (χ4n) is 4.11. The van der Waals surface area contributed by atoms with Crippen LogP contribution in [0, 0.1) is 0 Å². The van der Waals surface area contributed by atoms with E-state index in [-0.39, 0.29) is 7.43 Å². The quantitative estimate of drug-likeness (QED) is 0.734. The van der Waals surface area contributed by atoms with Gasteiger partial charge in [0.15, 0.2) is 0 Å². The van der Waals surface area contributed by atoms with Crippen LogP contribution < -0.4 is 4.74 Å². The van der Waals surface area contributed by atoms with E-state index in [2.05, 4.69) is 58.3 Å². The summed E-state index contributed by atoms with van der Waals surface area (Å²) in [6.45, 7) is 7.54. The molecular weight excluding hydrogens is 332 g/mol. The van der Waals surface area contributed by atoms with Crippen LogP contribution in [0.4, 0.5) is 0 Å². The molecule has 1 saturated heterocycles. The van der Waals surface area contributed by atoms with E-state index >= 15 is 0 Å². The van der Waals surface area contributed by atoms with Crippen molar-refractivity contribution in [2.45, 2.75) is 46.2 Å². The number of piperidine rings is 1. The molecule has 0 bridgehead atoms. The van der Waals surface area contributed by atoms with Crippen LogP contribution in [0.5, 0.6) is 5.75 Å². The number of benzene rings is 2. The van der Waals surface area contributed by atoms with Crippen molar-refractivity contribution in [3.63, 3.8) is 0 Å². The average molecular weight is 367 g/mol. The minimum Gasteiger partial charge on any atom is -0.492 e. The van der Waals surface area contributed by atoms with Gasteiger partial charge in [0.2, 0.25) is 0 Å². The van der Waals surface area contributed by atoms with Crippen molar-refractivity contribution in [1.82, 2.24) is 9.80 Å². The fraction of sp³-hybridized carbons (Fsp3) is 0.500. The Bertz CT molecular complexity index is 692. The number of hydrogen-bond donors (Lipinski definition) is 0. The van der Waals surface area contributed by atoms with Gasteiger partial charge in [-0.3, -0.25) is 9.80 Å². The highest BCUT2D eigenvalue weighted by Gasteiger charge is 2.15. The van der Waals surface area contributed by atoms with Crippen molar-refractivity contribution in [2.75, 3.05) is 32.8 Å². The molecule has 0 saturated carbocycles. The van der Waals surface area contributed by atoms with E-state index in [1.54, 1.807) is 0 Å². The van der Waals surface area contributed by atoms with Crippen LogP contribution in [0.1, 0.15) is 43.4 Å². The molecule has 146 valence electrons. The molecule has 0 atom stereocenters. The molecule has 2 aliphatic rings. The second-order valence-electron chi connectivity index (χ2n) is 7.62. The van der Waals surface area contributed by atoms with Gasteiger partial charge in [-0.05, 0) is 61.2 Å². The first-order valence-corrected chi connectivity index (χ1v) is 10.1. The third-order valence-corrected chi connectivity index (χ3v) is 5.66. The van der Waals surface area contributed by atoms with E-state index in [1.165, 1.54) is 49.0 Å². The summed E-state index contributed by atoms with van der Waals surface area (Å²) in [7, 11) is 0. The van der Waals surface area contributed by atoms with Gasteiger partial charge in [0.1, 0.15) is 12.4 Å². The van der Waals surface area contributed by atoms with Crippen LogP contribution in [0.2, 0.25) is 0 Å². The van der Waals surface area contributed by atoms with Crippen LogP contribution >= 0.6 is 0 Å². The second kappa shape index (κ2) is 9.91. The summed E-state index contributed by atoms with van der Waals surface area (Å²) in [6, 6.07) is 17.5. The van der Waals surface area contributed by atoms with Crippen LogP contribution in [-0.2, 0) is 19.5 Å². The standard InChI is InChI=1S/C23H30N2O.CH4/c1-4-13-24(14-5-1)16-17-26-23-10-8-20(9-11-23)18-25-15-12-21-6-2-3-7-22(21)19-25;/h2-3,6-11H,1,4-5,12-19H2;1H4. The molecule has 3 nitrogen and oxygen atoms in total. The maximum Gasteiger partial charge on any atom is 0.119 e. The SMILES string of the molecule is C.c1ccc2c(c1)CCN(Cc1ccc(OCCN3CCCCC3)cc1)C2. The van der Waals surface area contributed by atoms with Crippen molar-refractivity contribution in [1.29, 1.82) is 0 Å². The smallest absolute Gasteiger partial charge is 0.119 e. The molecular formula is C24H34N2O. The third kappa shape index (κ3) is 5.57. The zero-order valence-corrected chi connectivity index (χ0v) is 15.7. The van der Waals surface area contributed by atoms with E-state index in [4.69, 9.17) is 4.74 Å². The van der Waals surface area contributed by atoms with E-state index < -0.39 is 0 Å². The van der Waals surface area contributed by atoms with E-state index in [0.29, 0.717) is 0 Å². The van der Waals surface area contributed by atoms with Gasteiger partial charge in [0.25, 0.3) is 0 Å². The maximum absolute atomic E-state index is 5.94. The summed E-state index contributed by atoms with van der Waals surface area (Å²) in [5, 5.41) is 0. The van der Waals surface area contributed by atoms with Gasteiger partial charge in [0.05, 0.1) is 0 Å². The lowest BCUT2D eigenvalue weighted by atomic mass is 9.99. The first-order valence-electron chi connectivity index (χ1n) is 10.1. The topological polar surface area (TPSA) is 15.7 Å². The first-order chi connectivity index (χ1) is 12.9. The van der Waals surface area contributed by atoms with Crippen molar-refractivity contribution in [3.8, 4) is 5.75 Å². The molecule has 1 fully saturated rings. The Labute approximate surface area is 164 Å². The number of nitrogens with zero attached hydrogens (tertiary/aromatic N) is 2. The first kappa shape index (κ1) is 19.9. The minimum atomic E-state index is 0. The van der Waals surface area contributed by atoms with Gasteiger partial charge in [-0.1, -0.05) is 50.2 Å². The summed E-state index contributed by atoms with van der Waals surface area (Å²) in [5.41, 5.74) is 4.37. The number of fused-ring (bicyclic) bond motifs is 1. The number of hydrogen-bond acceptors (Lipinski definition) is 3. The van der Waals surface area contributed by atoms with E-state index in [0.717, 1.165) is 45.0 Å². The predicted molar refractivity (Wildman–Crippen MR) is 113 cm³/mol. The predicted octanol–water partition coefficient (Wildman–Crippen LogP) is 4.75. The van der Waals surface area contributed by atoms with Crippen molar-refractivity contribution >= 4 is 0 Å². The molecule has 0 amide bonds. The molecule has 2 aromatic rings. The molecule has 3 heteroatoms. The molecule has 4 rings (SSSR count). The van der Waals surface area contributed by atoms with Gasteiger partial charge < -0.3 is 4.74 Å². The largest absolute Gasteiger partial charge is 0.492 e. The normalized spacial score (nSPS) is 17.8. The molecule has 0 spiro atoms. The van der Waals surface area contributed by atoms with Crippen LogP contribution in [-0.4, -0.2) is 42.6 Å². The fourth-order valence-corrected chi connectivity index (χ4v) is 4.11. The molecule has 2 aliphatic heterocycles. The van der Waals surface area contributed by atoms with Crippen LogP contribution in [0.15, 0.2) is 48.5 Å². The molecule has 0 N–H and O–H groups in total. The molecule has 0 aromatic heterocycles. The summed E-state index contributed by atoms with van der Waals surface area (Å²) in [4.78, 5) is 5.06. The molecule has 2 aromatic carbocycles. The Kier molecular flexibility index (Phi) is 7.31. The summed E-state index contributed by atoms with van der Waals surface area (Å²) < 4.78 is 5.94. The Balaban J connectivity index is 0.00000210. The highest BCUT2D eigenvalue weighted by atomic mass is 16.5. The highest BCUT2D eigenvalue weighted by Crippen LogP contribution is 2.21. The Hall–Kier alpha value is -1.84. The van der Waals surface area contributed by atoms with Crippen LogP contribution in [0.25, 0.3) is 0 Å². The summed E-state index contributed by atoms with van der Waals surface area (Å²) in [5.74, 6) is 0.995. The molecule has 0 unspecified atom stereocenters. The van der Waals surface area contributed by atoms with Crippen molar-refractivity contribution in [2.24, 2.45) is 0 Å². The molecule has 2 heterocycles. The van der Waals surface area contributed by atoms with Gasteiger partial charge in [-0.15, -0.1) is 0 Å². The summed E-state index contributed by atoms with van der Waals surface area (Å²) >= 11 is 0. The number of ether oxygens (including phenoxy) is 1. The third-order valence-electron chi connectivity index (χ3n) is 5.66. The second-order valence-corrected chi connectivity index (χ2v) is 7.62. The summed E-state index contributed by atoms with van der Waals surface area (Å²) in [6.07, 6.45) is 5.24. The van der Waals surface area contributed by atoms with Crippen molar-refractivity contribution < 1.29 is 4.74 Å². The van der Waals surface area contributed by atoms with Gasteiger partial charge in [0, 0.05) is 26.2 Å². The average Bonchev–Trinajstić information content (AvgIpc) is 2.70. The van der Waals surface area contributed by atoms with E-state index in [1.807, 2.05) is 0 Å². The zero-order chi connectivity index (χ0) is 17.6. The van der Waals surface area contributed by atoms with Gasteiger partial charge >= 0.3 is 0 Å². The molecule has 0 aliphatic carbocycles. The lowest BCUT2D eigenvalue weighted by Gasteiger charge is -2.28. The van der Waals surface area contributed by atoms with Crippen LogP contribution in [0.3, 0.4) is 0 Å². The monoisotopic (exact) mass is 366 g/mol. The van der Waals surface area contributed by atoms with Gasteiger partial charge in [-0.25, -0.2) is 0 Å². The Morgan fingerprint density at radius 2 is 1.52 bits per heavy atom. The number of rotatable bonds is 6. The maximum atomic E-state index is 5.94. The number of likely N-dealkylation sites (tertiary alicyclic amines) is 1. The van der Waals surface area contributed by atoms with Crippen molar-refractivity contribution in [3.05, 3.63) is 65.2 Å². The molecule has 27 heavy (non-hydrogen) atoms. The Morgan fingerprint density at radius 1 is 0.778 bits per heavy atom. The molecule has 0 radical (unpaired) electrons. The van der Waals surface area contributed by atoms with Gasteiger partial charge in [-0.2, -0.15) is 0 Å². The lowest BCUT2D eigenvalue weighted by molar-refractivity contribution is 0.183.